The van der Waals surface area contributed by atoms with Crippen LogP contribution in [0.1, 0.15) is 30.0 Å². The molecule has 2 heterocycles. The molecule has 0 saturated carbocycles. The molecule has 0 fully saturated rings. The Kier molecular flexibility index (Phi) is 7.89. The lowest BCUT2D eigenvalue weighted by Crippen LogP contribution is -2.21. The summed E-state index contributed by atoms with van der Waals surface area (Å²) in [5, 5.41) is 8.03. The van der Waals surface area contributed by atoms with E-state index in [9.17, 15) is 9.59 Å². The number of rotatable bonds is 10. The van der Waals surface area contributed by atoms with E-state index in [-0.39, 0.29) is 44.3 Å². The first-order valence-electron chi connectivity index (χ1n) is 11.4. The Hall–Kier alpha value is -4.28. The molecule has 11 nitrogen and oxygen atoms in total. The molecule has 190 valence electrons. The molecule has 2 aliphatic heterocycles. The van der Waals surface area contributed by atoms with Crippen LogP contribution in [0, 0.1) is 0 Å². The van der Waals surface area contributed by atoms with E-state index >= 15 is 0 Å². The van der Waals surface area contributed by atoms with E-state index in [1.54, 1.807) is 6.92 Å². The first-order valence-corrected chi connectivity index (χ1v) is 11.4. The number of carbonyl (C=O) groups is 2. The topological polar surface area (TPSA) is 126 Å². The Morgan fingerprint density at radius 3 is 2.56 bits per heavy atom. The highest BCUT2D eigenvalue weighted by Gasteiger charge is 2.34. The van der Waals surface area contributed by atoms with Crippen LogP contribution in [0.5, 0.6) is 23.0 Å². The van der Waals surface area contributed by atoms with E-state index in [1.807, 2.05) is 30.3 Å². The number of nitrogens with one attached hydrogen (secondary N) is 1. The maximum atomic E-state index is 12.4. The fourth-order valence-electron chi connectivity index (χ4n) is 3.98. The van der Waals surface area contributed by atoms with Gasteiger partial charge in [0.2, 0.25) is 24.2 Å². The summed E-state index contributed by atoms with van der Waals surface area (Å²) in [6.07, 6.45) is 1.70. The number of amides is 1. The number of benzene rings is 2. The van der Waals surface area contributed by atoms with Gasteiger partial charge in [-0.1, -0.05) is 35.5 Å². The Morgan fingerprint density at radius 1 is 1.14 bits per heavy atom. The predicted octanol–water partition coefficient (Wildman–Crippen LogP) is 2.38. The zero-order valence-electron chi connectivity index (χ0n) is 20.2. The third-order valence-electron chi connectivity index (χ3n) is 5.54. The van der Waals surface area contributed by atoms with Crippen molar-refractivity contribution < 1.29 is 38.1 Å². The fraction of sp³-hybridized carbons (Fsp3) is 0.360. The first-order chi connectivity index (χ1) is 17.5. The van der Waals surface area contributed by atoms with Gasteiger partial charge in [-0.2, -0.15) is 5.10 Å². The van der Waals surface area contributed by atoms with Gasteiger partial charge in [-0.25, -0.2) is 10.2 Å². The summed E-state index contributed by atoms with van der Waals surface area (Å²) in [6.45, 7) is 1.96. The lowest BCUT2D eigenvalue weighted by molar-refractivity contribution is -0.135. The van der Waals surface area contributed by atoms with Crippen molar-refractivity contribution in [1.29, 1.82) is 0 Å². The van der Waals surface area contributed by atoms with Crippen LogP contribution in [0.2, 0.25) is 0 Å². The minimum Gasteiger partial charge on any atom is -0.492 e. The van der Waals surface area contributed by atoms with Crippen LogP contribution >= 0.6 is 0 Å². The molecule has 2 aromatic carbocycles. The lowest BCUT2D eigenvalue weighted by atomic mass is 9.96. The van der Waals surface area contributed by atoms with Crippen LogP contribution in [0.15, 0.2) is 40.6 Å². The average Bonchev–Trinajstić information content (AvgIpc) is 3.55. The van der Waals surface area contributed by atoms with Crippen LogP contribution in [0.25, 0.3) is 0 Å². The molecule has 2 aromatic rings. The van der Waals surface area contributed by atoms with Gasteiger partial charge < -0.3 is 28.5 Å². The van der Waals surface area contributed by atoms with Crippen LogP contribution in [0.3, 0.4) is 0 Å². The summed E-state index contributed by atoms with van der Waals surface area (Å²) < 4.78 is 27.6. The lowest BCUT2D eigenvalue weighted by Gasteiger charge is -2.19. The number of fused-ring (bicyclic) bond motifs is 1. The molecule has 0 bridgehead atoms. The summed E-state index contributed by atoms with van der Waals surface area (Å²) in [4.78, 5) is 29.9. The van der Waals surface area contributed by atoms with Crippen molar-refractivity contribution in [2.24, 2.45) is 10.3 Å². The summed E-state index contributed by atoms with van der Waals surface area (Å²) in [5.41, 5.74) is 4.75. The van der Waals surface area contributed by atoms with Crippen LogP contribution < -0.4 is 24.4 Å². The fourth-order valence-corrected chi connectivity index (χ4v) is 3.98. The monoisotopic (exact) mass is 497 g/mol. The predicted molar refractivity (Wildman–Crippen MR) is 129 cm³/mol. The number of carbonyl (C=O) groups excluding carboxylic acids is 2. The second-order valence-electron chi connectivity index (χ2n) is 7.87. The number of oxime groups is 1. The van der Waals surface area contributed by atoms with E-state index in [1.165, 1.54) is 20.4 Å². The molecule has 1 unspecified atom stereocenters. The number of methoxy groups -OCH3 is 2. The first kappa shape index (κ1) is 24.8. The van der Waals surface area contributed by atoms with Gasteiger partial charge in [-0.05, 0) is 12.5 Å². The number of hydrogen-bond acceptors (Lipinski definition) is 10. The Balaban J connectivity index is 1.60. The summed E-state index contributed by atoms with van der Waals surface area (Å²) in [5.74, 6) is 0.734. The van der Waals surface area contributed by atoms with Gasteiger partial charge in [0.05, 0.1) is 33.5 Å². The maximum Gasteiger partial charge on any atom is 0.356 e. The Labute approximate surface area is 207 Å². The van der Waals surface area contributed by atoms with Gasteiger partial charge >= 0.3 is 5.97 Å². The number of ether oxygens (including phenoxy) is 5. The largest absolute Gasteiger partial charge is 0.492 e. The van der Waals surface area contributed by atoms with Crippen molar-refractivity contribution in [2.45, 2.75) is 32.3 Å². The summed E-state index contributed by atoms with van der Waals surface area (Å²) in [6, 6.07) is 9.34. The van der Waals surface area contributed by atoms with Crippen LogP contribution in [-0.2, 0) is 32.0 Å². The third-order valence-corrected chi connectivity index (χ3v) is 5.54. The van der Waals surface area contributed by atoms with Gasteiger partial charge in [0.1, 0.15) is 6.10 Å². The molecule has 1 N–H and O–H groups in total. The second kappa shape index (κ2) is 11.4. The molecule has 0 saturated heterocycles. The molecule has 1 atom stereocenters. The quantitative estimate of drug-likeness (QED) is 0.301. The third kappa shape index (κ3) is 5.35. The zero-order valence-corrected chi connectivity index (χ0v) is 20.2. The molecule has 0 aromatic heterocycles. The molecule has 0 aliphatic carbocycles. The van der Waals surface area contributed by atoms with Gasteiger partial charge in [0.25, 0.3) is 0 Å². The normalized spacial score (nSPS) is 15.9. The molecule has 1 amide bonds. The van der Waals surface area contributed by atoms with E-state index in [0.717, 1.165) is 5.56 Å². The SMILES string of the molecule is CCOC(=O)C1=NOC(Cc2c(/C=N/NC(=O)Cc3ccccc3)c(OC)c3c(c2OC)OCO3)C1. The minimum absolute atomic E-state index is 0.00799. The number of nitrogens with zero attached hydrogens (tertiary/aromatic N) is 2. The number of hydrogen-bond donors (Lipinski definition) is 1. The molecule has 4 rings (SSSR count). The van der Waals surface area contributed by atoms with Gasteiger partial charge in [0, 0.05) is 24.0 Å². The van der Waals surface area contributed by atoms with Crippen molar-refractivity contribution in [3.63, 3.8) is 0 Å². The summed E-state index contributed by atoms with van der Waals surface area (Å²) in [7, 11) is 3.00. The van der Waals surface area contributed by atoms with E-state index < -0.39 is 12.1 Å². The molecule has 2 aliphatic rings. The molecular formula is C25H27N3O8. The standard InChI is InChI=1S/C25H27N3O8/c1-4-33-25(30)19-12-16(36-28-19)11-17-18(13-26-27-20(29)10-15-8-6-5-7-9-15)22(32-3)24-23(21(17)31-2)34-14-35-24/h5-9,13,16H,4,10-12,14H2,1-3H3,(H,27,29)/b26-13+. The highest BCUT2D eigenvalue weighted by Crippen LogP contribution is 2.52. The van der Waals surface area contributed by atoms with E-state index in [4.69, 9.17) is 28.5 Å². The number of hydrazone groups is 1. The Bertz CT molecular complexity index is 1180. The summed E-state index contributed by atoms with van der Waals surface area (Å²) >= 11 is 0. The molecule has 36 heavy (non-hydrogen) atoms. The average molecular weight is 498 g/mol. The Morgan fingerprint density at radius 2 is 1.86 bits per heavy atom. The smallest absolute Gasteiger partial charge is 0.356 e. The van der Waals surface area contributed by atoms with E-state index in [2.05, 4.69) is 15.7 Å². The maximum absolute atomic E-state index is 12.4. The van der Waals surface area contributed by atoms with Crippen molar-refractivity contribution in [3.05, 3.63) is 47.0 Å². The van der Waals surface area contributed by atoms with Gasteiger partial charge in [-0.3, -0.25) is 4.79 Å². The molecule has 0 spiro atoms. The highest BCUT2D eigenvalue weighted by atomic mass is 16.7. The molecule has 11 heteroatoms. The van der Waals surface area contributed by atoms with Crippen molar-refractivity contribution in [1.82, 2.24) is 5.43 Å². The van der Waals surface area contributed by atoms with Gasteiger partial charge in [0.15, 0.2) is 17.2 Å². The highest BCUT2D eigenvalue weighted by molar-refractivity contribution is 6.36. The van der Waals surface area contributed by atoms with E-state index in [0.29, 0.717) is 34.1 Å². The van der Waals surface area contributed by atoms with Gasteiger partial charge in [-0.15, -0.1) is 0 Å². The van der Waals surface area contributed by atoms with Crippen molar-refractivity contribution >= 4 is 23.8 Å². The molecular weight excluding hydrogens is 470 g/mol. The molecule has 0 radical (unpaired) electrons. The minimum atomic E-state index is -0.516. The van der Waals surface area contributed by atoms with Crippen molar-refractivity contribution in [3.8, 4) is 23.0 Å². The van der Waals surface area contributed by atoms with Crippen molar-refractivity contribution in [2.75, 3.05) is 27.6 Å². The second-order valence-corrected chi connectivity index (χ2v) is 7.87. The van der Waals surface area contributed by atoms with Crippen LogP contribution in [-0.4, -0.2) is 57.5 Å². The van der Waals surface area contributed by atoms with Crippen LogP contribution in [0.4, 0.5) is 0 Å². The number of esters is 1. The zero-order chi connectivity index (χ0) is 25.5.